The van der Waals surface area contributed by atoms with Crippen LogP contribution in [0.2, 0.25) is 0 Å². The number of H-pyrrole nitrogens is 1. The van der Waals surface area contributed by atoms with E-state index in [1.165, 1.54) is 0 Å². The first kappa shape index (κ1) is 9.29. The maximum Gasteiger partial charge on any atom is 0.252 e. The van der Waals surface area contributed by atoms with Crippen molar-refractivity contribution in [3.63, 3.8) is 0 Å². The molecule has 0 spiro atoms. The molecular formula is C8H10N4OS. The lowest BCUT2D eigenvalue weighted by atomic mass is 10.3. The molecule has 14 heavy (non-hydrogen) atoms. The standard InChI is InChI=1S/C8H10N4OS/c1-5-3-6(4-13-2)9-7-10-8(14)11-12(5)7/h3H,4H2,1-2H3,(H,11,14). The highest BCUT2D eigenvalue weighted by Crippen LogP contribution is 2.05. The number of hydrogen-bond donors (Lipinski definition) is 1. The van der Waals surface area contributed by atoms with Gasteiger partial charge in [0.2, 0.25) is 4.77 Å². The molecule has 0 saturated carbocycles. The molecule has 6 heteroatoms. The molecule has 74 valence electrons. The Morgan fingerprint density at radius 2 is 2.36 bits per heavy atom. The molecule has 0 radical (unpaired) electrons. The number of hydrogen-bond acceptors (Lipinski definition) is 4. The Bertz CT molecular complexity index is 516. The molecule has 2 heterocycles. The van der Waals surface area contributed by atoms with Gasteiger partial charge in [-0.15, -0.1) is 0 Å². The van der Waals surface area contributed by atoms with E-state index in [9.17, 15) is 0 Å². The second kappa shape index (κ2) is 3.47. The summed E-state index contributed by atoms with van der Waals surface area (Å²) in [5.41, 5.74) is 1.86. The van der Waals surface area contributed by atoms with Crippen LogP contribution in [0.25, 0.3) is 5.78 Å². The van der Waals surface area contributed by atoms with Crippen LogP contribution < -0.4 is 0 Å². The van der Waals surface area contributed by atoms with Crippen molar-refractivity contribution in [3.8, 4) is 0 Å². The first-order chi connectivity index (χ1) is 6.70. The van der Waals surface area contributed by atoms with E-state index in [1.54, 1.807) is 11.6 Å². The predicted octanol–water partition coefficient (Wildman–Crippen LogP) is 1.24. The Morgan fingerprint density at radius 1 is 1.57 bits per heavy atom. The summed E-state index contributed by atoms with van der Waals surface area (Å²) >= 11 is 4.92. The van der Waals surface area contributed by atoms with Crippen molar-refractivity contribution in [2.75, 3.05) is 7.11 Å². The van der Waals surface area contributed by atoms with Crippen molar-refractivity contribution < 1.29 is 4.74 Å². The van der Waals surface area contributed by atoms with Crippen LogP contribution in [-0.4, -0.2) is 26.7 Å². The average Bonchev–Trinajstić information content (AvgIpc) is 2.47. The number of aromatic nitrogens is 4. The zero-order valence-electron chi connectivity index (χ0n) is 7.94. The van der Waals surface area contributed by atoms with Crippen LogP contribution in [0.4, 0.5) is 0 Å². The predicted molar refractivity (Wildman–Crippen MR) is 53.6 cm³/mol. The third kappa shape index (κ3) is 1.53. The first-order valence-corrected chi connectivity index (χ1v) is 4.56. The fourth-order valence-electron chi connectivity index (χ4n) is 1.32. The van der Waals surface area contributed by atoms with Crippen molar-refractivity contribution in [2.45, 2.75) is 13.5 Å². The van der Waals surface area contributed by atoms with E-state index in [2.05, 4.69) is 15.1 Å². The minimum absolute atomic E-state index is 0.440. The first-order valence-electron chi connectivity index (χ1n) is 4.15. The van der Waals surface area contributed by atoms with Gasteiger partial charge in [0.15, 0.2) is 0 Å². The summed E-state index contributed by atoms with van der Waals surface area (Å²) in [5, 5.41) is 2.91. The maximum absolute atomic E-state index is 5.00. The summed E-state index contributed by atoms with van der Waals surface area (Å²) in [6.07, 6.45) is 0. The average molecular weight is 210 g/mol. The molecule has 2 aromatic rings. The molecule has 1 N–H and O–H groups in total. The third-order valence-electron chi connectivity index (χ3n) is 1.87. The number of nitrogens with one attached hydrogen (secondary N) is 1. The van der Waals surface area contributed by atoms with Crippen molar-refractivity contribution in [3.05, 3.63) is 22.2 Å². The summed E-state index contributed by atoms with van der Waals surface area (Å²) in [7, 11) is 1.64. The Balaban J connectivity index is 2.65. The van der Waals surface area contributed by atoms with Crippen molar-refractivity contribution in [1.82, 2.24) is 19.6 Å². The SMILES string of the molecule is COCc1cc(C)n2[nH]c(=S)nc2n1. The van der Waals surface area contributed by atoms with E-state index < -0.39 is 0 Å². The topological polar surface area (TPSA) is 55.2 Å². The molecule has 0 atom stereocenters. The molecule has 5 nitrogen and oxygen atoms in total. The van der Waals surface area contributed by atoms with Gasteiger partial charge in [-0.25, -0.2) is 9.50 Å². The van der Waals surface area contributed by atoms with Crippen LogP contribution in [0.3, 0.4) is 0 Å². The Morgan fingerprint density at radius 3 is 3.07 bits per heavy atom. The van der Waals surface area contributed by atoms with Crippen molar-refractivity contribution >= 4 is 18.0 Å². The van der Waals surface area contributed by atoms with Gasteiger partial charge in [0.25, 0.3) is 5.78 Å². The fraction of sp³-hybridized carbons (Fsp3) is 0.375. The molecule has 2 rings (SSSR count). The van der Waals surface area contributed by atoms with Gasteiger partial charge in [-0.2, -0.15) is 4.98 Å². The molecule has 0 unspecified atom stereocenters. The largest absolute Gasteiger partial charge is 0.378 e. The molecule has 0 aliphatic rings. The molecule has 0 bridgehead atoms. The number of ether oxygens (including phenoxy) is 1. The van der Waals surface area contributed by atoms with Crippen LogP contribution in [0, 0.1) is 11.7 Å². The summed E-state index contributed by atoms with van der Waals surface area (Å²) in [5.74, 6) is 0.585. The van der Waals surface area contributed by atoms with Crippen LogP contribution in [0.15, 0.2) is 6.07 Å². The van der Waals surface area contributed by atoms with E-state index in [4.69, 9.17) is 17.0 Å². The Hall–Kier alpha value is -1.27. The van der Waals surface area contributed by atoms with Gasteiger partial charge in [-0.3, -0.25) is 5.10 Å². The van der Waals surface area contributed by atoms with Gasteiger partial charge in [0.1, 0.15) is 0 Å². The number of aryl methyl sites for hydroxylation is 1. The lowest BCUT2D eigenvalue weighted by Gasteiger charge is -2.02. The Kier molecular flexibility index (Phi) is 2.30. The van der Waals surface area contributed by atoms with E-state index in [0.717, 1.165) is 11.4 Å². The zero-order valence-corrected chi connectivity index (χ0v) is 8.76. The molecule has 2 aromatic heterocycles. The third-order valence-corrected chi connectivity index (χ3v) is 2.06. The molecule has 0 fully saturated rings. The van der Waals surface area contributed by atoms with Gasteiger partial charge in [0, 0.05) is 12.8 Å². The highest BCUT2D eigenvalue weighted by Gasteiger charge is 2.03. The molecule has 0 aliphatic heterocycles. The highest BCUT2D eigenvalue weighted by molar-refractivity contribution is 7.71. The van der Waals surface area contributed by atoms with Gasteiger partial charge in [-0.05, 0) is 25.2 Å². The van der Waals surface area contributed by atoms with E-state index in [-0.39, 0.29) is 0 Å². The number of rotatable bonds is 2. The van der Waals surface area contributed by atoms with Gasteiger partial charge >= 0.3 is 0 Å². The fourth-order valence-corrected chi connectivity index (χ4v) is 1.49. The van der Waals surface area contributed by atoms with E-state index in [1.807, 2.05) is 13.0 Å². The van der Waals surface area contributed by atoms with Gasteiger partial charge in [-0.1, -0.05) is 0 Å². The van der Waals surface area contributed by atoms with Crippen molar-refractivity contribution in [1.29, 1.82) is 0 Å². The summed E-state index contributed by atoms with van der Waals surface area (Å²) in [6, 6.07) is 1.93. The maximum atomic E-state index is 5.00. The minimum atomic E-state index is 0.440. The molecule has 0 aromatic carbocycles. The van der Waals surface area contributed by atoms with E-state index >= 15 is 0 Å². The molecule has 0 amide bonds. The summed E-state index contributed by atoms with van der Waals surface area (Å²) in [4.78, 5) is 8.35. The quantitative estimate of drug-likeness (QED) is 0.758. The molecule has 0 saturated heterocycles. The van der Waals surface area contributed by atoms with E-state index in [0.29, 0.717) is 17.2 Å². The molecular weight excluding hydrogens is 200 g/mol. The monoisotopic (exact) mass is 210 g/mol. The molecule has 0 aliphatic carbocycles. The van der Waals surface area contributed by atoms with Crippen LogP contribution in [-0.2, 0) is 11.3 Å². The normalized spacial score (nSPS) is 11.0. The van der Waals surface area contributed by atoms with Gasteiger partial charge < -0.3 is 4.74 Å². The summed E-state index contributed by atoms with van der Waals surface area (Å²) in [6.45, 7) is 2.44. The highest BCUT2D eigenvalue weighted by atomic mass is 32.1. The zero-order chi connectivity index (χ0) is 10.1. The number of fused-ring (bicyclic) bond motifs is 1. The second-order valence-corrected chi connectivity index (χ2v) is 3.37. The van der Waals surface area contributed by atoms with Crippen LogP contribution >= 0.6 is 12.2 Å². The lowest BCUT2D eigenvalue weighted by Crippen LogP contribution is -2.01. The number of aromatic amines is 1. The minimum Gasteiger partial charge on any atom is -0.378 e. The smallest absolute Gasteiger partial charge is 0.252 e. The van der Waals surface area contributed by atoms with Crippen molar-refractivity contribution in [2.24, 2.45) is 0 Å². The Labute approximate surface area is 85.7 Å². The summed E-state index contributed by atoms with van der Waals surface area (Å²) < 4.78 is 7.19. The number of nitrogens with zero attached hydrogens (tertiary/aromatic N) is 3. The number of methoxy groups -OCH3 is 1. The lowest BCUT2D eigenvalue weighted by molar-refractivity contribution is 0.181. The van der Waals surface area contributed by atoms with Crippen LogP contribution in [0.5, 0.6) is 0 Å². The van der Waals surface area contributed by atoms with Crippen LogP contribution in [0.1, 0.15) is 11.4 Å². The van der Waals surface area contributed by atoms with Gasteiger partial charge in [0.05, 0.1) is 12.3 Å². The second-order valence-electron chi connectivity index (χ2n) is 2.99.